The van der Waals surface area contributed by atoms with Crippen LogP contribution in [0.1, 0.15) is 32.3 Å². The Morgan fingerprint density at radius 2 is 1.90 bits per heavy atom. The molecule has 2 amide bonds. The third-order valence-electron chi connectivity index (χ3n) is 4.26. The predicted molar refractivity (Wildman–Crippen MR) is 116 cm³/mol. The normalized spacial score (nSPS) is 11.0. The molecular formula is C20H15F2N5O2S2. The summed E-state index contributed by atoms with van der Waals surface area (Å²) in [6.45, 7) is -1.09. The van der Waals surface area contributed by atoms with Gasteiger partial charge in [-0.3, -0.25) is 19.5 Å². The van der Waals surface area contributed by atoms with Crippen molar-refractivity contribution in [3.63, 3.8) is 0 Å². The predicted octanol–water partition coefficient (Wildman–Crippen LogP) is 5.28. The van der Waals surface area contributed by atoms with E-state index in [-0.39, 0.29) is 22.4 Å². The van der Waals surface area contributed by atoms with Crippen LogP contribution in [0, 0.1) is 6.92 Å². The average Bonchev–Trinajstić information content (AvgIpc) is 3.49. The second kappa shape index (κ2) is 8.74. The number of carbonyl (C=O) groups excluding carboxylic acids is 2. The maximum Gasteiger partial charge on any atom is 0.320 e. The summed E-state index contributed by atoms with van der Waals surface area (Å²) >= 11 is 2.34. The van der Waals surface area contributed by atoms with Crippen molar-refractivity contribution in [1.29, 1.82) is 0 Å². The standard InChI is InChI=1S/C20H15F2N5O2S2/c1-11-15(16-23-8-9-27(16)19(21)22)31-20(24-11)26-17(28)12-5-2-3-6-13(12)25-18(29)14-7-4-10-30-14/h2-10,19H,1H3,(H,25,29)(H,24,26,28). The van der Waals surface area contributed by atoms with Gasteiger partial charge in [-0.05, 0) is 30.5 Å². The topological polar surface area (TPSA) is 88.9 Å². The molecule has 0 fully saturated rings. The van der Waals surface area contributed by atoms with Crippen molar-refractivity contribution in [3.8, 4) is 10.7 Å². The number of benzene rings is 1. The van der Waals surface area contributed by atoms with Crippen molar-refractivity contribution in [2.75, 3.05) is 10.6 Å². The number of imidazole rings is 1. The first-order valence-electron chi connectivity index (χ1n) is 8.98. The summed E-state index contributed by atoms with van der Waals surface area (Å²) in [7, 11) is 0. The summed E-state index contributed by atoms with van der Waals surface area (Å²) < 4.78 is 27.1. The number of para-hydroxylation sites is 1. The molecule has 1 aromatic carbocycles. The van der Waals surface area contributed by atoms with E-state index in [0.717, 1.165) is 15.9 Å². The van der Waals surface area contributed by atoms with Crippen molar-refractivity contribution in [2.24, 2.45) is 0 Å². The summed E-state index contributed by atoms with van der Waals surface area (Å²) in [5.74, 6) is -0.727. The molecule has 3 heterocycles. The molecule has 0 spiro atoms. The number of nitrogens with zero attached hydrogens (tertiary/aromatic N) is 3. The van der Waals surface area contributed by atoms with Crippen LogP contribution in [0.25, 0.3) is 10.7 Å². The first-order valence-corrected chi connectivity index (χ1v) is 10.7. The van der Waals surface area contributed by atoms with Crippen LogP contribution in [-0.4, -0.2) is 26.3 Å². The van der Waals surface area contributed by atoms with Gasteiger partial charge in [-0.2, -0.15) is 8.78 Å². The van der Waals surface area contributed by atoms with E-state index in [1.54, 1.807) is 48.7 Å². The van der Waals surface area contributed by atoms with E-state index < -0.39 is 12.5 Å². The number of hydrogen-bond acceptors (Lipinski definition) is 6. The van der Waals surface area contributed by atoms with Gasteiger partial charge < -0.3 is 5.32 Å². The molecule has 0 saturated heterocycles. The van der Waals surface area contributed by atoms with Crippen molar-refractivity contribution >= 4 is 45.3 Å². The number of halogens is 2. The van der Waals surface area contributed by atoms with Crippen LogP contribution in [-0.2, 0) is 0 Å². The van der Waals surface area contributed by atoms with Gasteiger partial charge in [0.2, 0.25) is 0 Å². The third-order valence-corrected chi connectivity index (χ3v) is 6.20. The second-order valence-corrected chi connectivity index (χ2v) is 8.25. The smallest absolute Gasteiger partial charge is 0.320 e. The second-order valence-electron chi connectivity index (χ2n) is 6.30. The Hall–Kier alpha value is -3.44. The summed E-state index contributed by atoms with van der Waals surface area (Å²) in [6.07, 6.45) is 2.47. The number of hydrogen-bond donors (Lipinski definition) is 2. The molecule has 0 aliphatic heterocycles. The molecular weight excluding hydrogens is 444 g/mol. The lowest BCUT2D eigenvalue weighted by Crippen LogP contribution is -2.17. The first-order chi connectivity index (χ1) is 14.9. The highest BCUT2D eigenvalue weighted by Gasteiger charge is 2.21. The van der Waals surface area contributed by atoms with Gasteiger partial charge in [0.1, 0.15) is 0 Å². The molecule has 0 bridgehead atoms. The molecule has 0 saturated carbocycles. The minimum absolute atomic E-state index is 0.0779. The molecule has 0 aliphatic rings. The van der Waals surface area contributed by atoms with E-state index in [0.29, 0.717) is 21.1 Å². The van der Waals surface area contributed by atoms with E-state index in [9.17, 15) is 18.4 Å². The Morgan fingerprint density at radius 1 is 1.10 bits per heavy atom. The molecule has 4 aromatic rings. The lowest BCUT2D eigenvalue weighted by molar-refractivity contribution is 0.0720. The van der Waals surface area contributed by atoms with E-state index >= 15 is 0 Å². The molecule has 158 valence electrons. The molecule has 3 aromatic heterocycles. The lowest BCUT2D eigenvalue weighted by Gasteiger charge is -2.09. The molecule has 0 unspecified atom stereocenters. The van der Waals surface area contributed by atoms with Crippen molar-refractivity contribution in [3.05, 3.63) is 70.3 Å². The number of nitrogens with one attached hydrogen (secondary N) is 2. The van der Waals surface area contributed by atoms with Gasteiger partial charge in [0.15, 0.2) is 11.0 Å². The molecule has 0 atom stereocenters. The molecule has 31 heavy (non-hydrogen) atoms. The first kappa shape index (κ1) is 20.8. The number of thiazole rings is 1. The van der Waals surface area contributed by atoms with E-state index in [2.05, 4.69) is 20.6 Å². The number of anilines is 2. The van der Waals surface area contributed by atoms with Crippen LogP contribution in [0.4, 0.5) is 19.6 Å². The van der Waals surface area contributed by atoms with Gasteiger partial charge >= 0.3 is 6.55 Å². The molecule has 4 rings (SSSR count). The summed E-state index contributed by atoms with van der Waals surface area (Å²) in [5.41, 5.74) is 1.06. The number of alkyl halides is 2. The Labute approximate surface area is 183 Å². The summed E-state index contributed by atoms with van der Waals surface area (Å²) in [6, 6.07) is 10.0. The number of rotatable bonds is 6. The maximum absolute atomic E-state index is 13.2. The van der Waals surface area contributed by atoms with Gasteiger partial charge in [-0.1, -0.05) is 29.5 Å². The Morgan fingerprint density at radius 3 is 2.65 bits per heavy atom. The zero-order chi connectivity index (χ0) is 22.0. The minimum atomic E-state index is -2.74. The number of carbonyl (C=O) groups is 2. The quantitative estimate of drug-likeness (QED) is 0.411. The monoisotopic (exact) mass is 459 g/mol. The van der Waals surface area contributed by atoms with Crippen LogP contribution in [0.3, 0.4) is 0 Å². The summed E-state index contributed by atoms with van der Waals surface area (Å²) in [4.78, 5) is 34.4. The zero-order valence-electron chi connectivity index (χ0n) is 16.0. The highest BCUT2D eigenvalue weighted by Crippen LogP contribution is 2.34. The molecule has 7 nitrogen and oxygen atoms in total. The molecule has 11 heteroatoms. The fraction of sp³-hybridized carbons (Fsp3) is 0.100. The van der Waals surface area contributed by atoms with Gasteiger partial charge in [0.25, 0.3) is 11.8 Å². The van der Waals surface area contributed by atoms with E-state index in [1.165, 1.54) is 23.7 Å². The van der Waals surface area contributed by atoms with Crippen molar-refractivity contribution in [1.82, 2.24) is 14.5 Å². The Bertz CT molecular complexity index is 1230. The Balaban J connectivity index is 1.56. The lowest BCUT2D eigenvalue weighted by atomic mass is 10.1. The summed E-state index contributed by atoms with van der Waals surface area (Å²) in [5, 5.41) is 7.43. The van der Waals surface area contributed by atoms with Gasteiger partial charge in [-0.15, -0.1) is 11.3 Å². The van der Waals surface area contributed by atoms with Crippen LogP contribution in [0.15, 0.2) is 54.2 Å². The number of amides is 2. The molecule has 0 radical (unpaired) electrons. The minimum Gasteiger partial charge on any atom is -0.321 e. The molecule has 2 N–H and O–H groups in total. The largest absolute Gasteiger partial charge is 0.321 e. The van der Waals surface area contributed by atoms with Gasteiger partial charge in [-0.25, -0.2) is 9.97 Å². The van der Waals surface area contributed by atoms with Gasteiger partial charge in [0, 0.05) is 12.4 Å². The van der Waals surface area contributed by atoms with Gasteiger partial charge in [0.05, 0.1) is 26.7 Å². The fourth-order valence-corrected chi connectivity index (χ4v) is 4.43. The van der Waals surface area contributed by atoms with E-state index in [4.69, 9.17) is 0 Å². The number of thiophene rings is 1. The fourth-order valence-electron chi connectivity index (χ4n) is 2.85. The van der Waals surface area contributed by atoms with E-state index in [1.807, 2.05) is 0 Å². The number of aromatic nitrogens is 3. The Kier molecular flexibility index (Phi) is 5.87. The highest BCUT2D eigenvalue weighted by atomic mass is 32.1. The highest BCUT2D eigenvalue weighted by molar-refractivity contribution is 7.19. The number of aryl methyl sites for hydroxylation is 1. The maximum atomic E-state index is 13.2. The van der Waals surface area contributed by atoms with Crippen molar-refractivity contribution in [2.45, 2.75) is 13.5 Å². The van der Waals surface area contributed by atoms with Crippen LogP contribution in [0.5, 0.6) is 0 Å². The van der Waals surface area contributed by atoms with Crippen LogP contribution in [0.2, 0.25) is 0 Å². The third kappa shape index (κ3) is 4.37. The zero-order valence-corrected chi connectivity index (χ0v) is 17.6. The molecule has 0 aliphatic carbocycles. The van der Waals surface area contributed by atoms with Crippen molar-refractivity contribution < 1.29 is 18.4 Å². The van der Waals surface area contributed by atoms with Crippen LogP contribution < -0.4 is 10.6 Å². The average molecular weight is 460 g/mol. The SMILES string of the molecule is Cc1nc(NC(=O)c2ccccc2NC(=O)c2cccs2)sc1-c1nccn1C(F)F. The van der Waals surface area contributed by atoms with Crippen LogP contribution >= 0.6 is 22.7 Å².